The van der Waals surface area contributed by atoms with Crippen molar-refractivity contribution in [2.24, 2.45) is 7.05 Å². The fourth-order valence-electron chi connectivity index (χ4n) is 2.03. The first-order valence-corrected chi connectivity index (χ1v) is 6.66. The third-order valence-corrected chi connectivity index (χ3v) is 3.25. The zero-order valence-electron chi connectivity index (χ0n) is 12.8. The third kappa shape index (κ3) is 3.62. The quantitative estimate of drug-likeness (QED) is 0.671. The second-order valence-electron chi connectivity index (χ2n) is 4.88. The lowest BCUT2D eigenvalue weighted by atomic mass is 10.3. The maximum atomic E-state index is 13.2. The number of hydrogen-bond donors (Lipinski definition) is 1. The van der Waals surface area contributed by atoms with Crippen LogP contribution in [0, 0.1) is 29.8 Å². The summed E-state index contributed by atoms with van der Waals surface area (Å²) in [6.07, 6.45) is 0. The summed E-state index contributed by atoms with van der Waals surface area (Å²) < 4.78 is 19.9. The van der Waals surface area contributed by atoms with Crippen molar-refractivity contribution in [3.8, 4) is 5.75 Å². The average molecular weight is 322 g/mol. The number of rotatable bonds is 5. The molecule has 9 heteroatoms. The molecule has 0 saturated carbocycles. The highest BCUT2D eigenvalue weighted by Gasteiger charge is 2.18. The molecule has 0 unspecified atom stereocenters. The van der Waals surface area contributed by atoms with Gasteiger partial charge in [0, 0.05) is 19.2 Å². The molecule has 1 heterocycles. The second kappa shape index (κ2) is 6.42. The van der Waals surface area contributed by atoms with Gasteiger partial charge < -0.3 is 10.1 Å². The topological polar surface area (TPSA) is 99.3 Å². The number of ether oxygens (including phenoxy) is 1. The van der Waals surface area contributed by atoms with Crippen molar-refractivity contribution in [3.05, 3.63) is 45.5 Å². The van der Waals surface area contributed by atoms with Crippen molar-refractivity contribution < 1.29 is 18.8 Å². The van der Waals surface area contributed by atoms with Crippen LogP contribution in [0.4, 0.5) is 15.8 Å². The van der Waals surface area contributed by atoms with Crippen molar-refractivity contribution >= 4 is 17.3 Å². The fourth-order valence-corrected chi connectivity index (χ4v) is 2.03. The fraction of sp³-hybridized carbons (Fsp3) is 0.286. The Balaban J connectivity index is 2.08. The molecule has 1 aromatic carbocycles. The summed E-state index contributed by atoms with van der Waals surface area (Å²) in [4.78, 5) is 22.1. The zero-order valence-corrected chi connectivity index (χ0v) is 12.8. The van der Waals surface area contributed by atoms with Gasteiger partial charge in [-0.25, -0.2) is 4.39 Å². The number of hydrogen-bond acceptors (Lipinski definition) is 5. The van der Waals surface area contributed by atoms with Crippen LogP contribution >= 0.6 is 0 Å². The lowest BCUT2D eigenvalue weighted by Gasteiger charge is -2.08. The van der Waals surface area contributed by atoms with E-state index in [1.807, 2.05) is 0 Å². The molecule has 8 nitrogen and oxygen atoms in total. The first kappa shape index (κ1) is 16.4. The number of amides is 1. The molecule has 2 aromatic rings. The van der Waals surface area contributed by atoms with Crippen LogP contribution in [-0.4, -0.2) is 27.2 Å². The van der Waals surface area contributed by atoms with Crippen LogP contribution in [0.1, 0.15) is 11.4 Å². The van der Waals surface area contributed by atoms with Crippen LogP contribution < -0.4 is 10.1 Å². The minimum Gasteiger partial charge on any atom is -0.477 e. The molecule has 1 aromatic heterocycles. The molecule has 1 N–H and O–H groups in total. The number of halogens is 1. The summed E-state index contributed by atoms with van der Waals surface area (Å²) >= 11 is 0. The molecule has 122 valence electrons. The minimum atomic E-state index is -0.706. The Morgan fingerprint density at radius 2 is 2.17 bits per heavy atom. The molecule has 0 radical (unpaired) electrons. The number of benzene rings is 1. The molecule has 0 aliphatic rings. The smallest absolute Gasteiger partial charge is 0.311 e. The number of carbonyl (C=O) groups is 1. The van der Waals surface area contributed by atoms with E-state index in [2.05, 4.69) is 10.4 Å². The maximum Gasteiger partial charge on any atom is 0.311 e. The van der Waals surface area contributed by atoms with Crippen LogP contribution in [0.3, 0.4) is 0 Å². The predicted molar refractivity (Wildman–Crippen MR) is 79.9 cm³/mol. The summed E-state index contributed by atoms with van der Waals surface area (Å²) in [5.74, 6) is -1.52. The lowest BCUT2D eigenvalue weighted by molar-refractivity contribution is -0.385. The number of nitrogens with one attached hydrogen (secondary N) is 1. The lowest BCUT2D eigenvalue weighted by Crippen LogP contribution is -2.21. The van der Waals surface area contributed by atoms with E-state index in [1.54, 1.807) is 25.6 Å². The Labute approximate surface area is 131 Å². The Hall–Kier alpha value is -2.97. The van der Waals surface area contributed by atoms with E-state index >= 15 is 0 Å². The van der Waals surface area contributed by atoms with Crippen molar-refractivity contribution in [2.75, 3.05) is 11.9 Å². The van der Waals surface area contributed by atoms with Gasteiger partial charge in [-0.3, -0.25) is 19.6 Å². The van der Waals surface area contributed by atoms with E-state index in [9.17, 15) is 19.3 Å². The van der Waals surface area contributed by atoms with Gasteiger partial charge in [-0.2, -0.15) is 5.10 Å². The number of nitro groups is 1. The summed E-state index contributed by atoms with van der Waals surface area (Å²) in [6, 6.07) is 2.80. The minimum absolute atomic E-state index is 0.301. The molecule has 2 rings (SSSR count). The SMILES string of the molecule is Cc1nn(C)c(C)c1NC(=O)COc1cc(F)ccc1[N+](=O)[O-]. The second-order valence-corrected chi connectivity index (χ2v) is 4.88. The summed E-state index contributed by atoms with van der Waals surface area (Å²) in [5, 5.41) is 17.6. The molecule has 1 amide bonds. The summed E-state index contributed by atoms with van der Waals surface area (Å²) in [7, 11) is 1.74. The van der Waals surface area contributed by atoms with Gasteiger partial charge >= 0.3 is 5.69 Å². The van der Waals surface area contributed by atoms with Gasteiger partial charge in [0.15, 0.2) is 6.61 Å². The summed E-state index contributed by atoms with van der Waals surface area (Å²) in [5.41, 5.74) is 1.53. The molecule has 0 aliphatic carbocycles. The van der Waals surface area contributed by atoms with Crippen molar-refractivity contribution in [2.45, 2.75) is 13.8 Å². The number of aryl methyl sites for hydroxylation is 2. The normalized spacial score (nSPS) is 10.4. The largest absolute Gasteiger partial charge is 0.477 e. The van der Waals surface area contributed by atoms with Crippen molar-refractivity contribution in [3.63, 3.8) is 0 Å². The van der Waals surface area contributed by atoms with Crippen LogP contribution in [0.25, 0.3) is 0 Å². The van der Waals surface area contributed by atoms with Gasteiger partial charge in [-0.15, -0.1) is 0 Å². The third-order valence-electron chi connectivity index (χ3n) is 3.25. The molecule has 0 saturated heterocycles. The zero-order chi connectivity index (χ0) is 17.1. The van der Waals surface area contributed by atoms with Crippen LogP contribution in [0.2, 0.25) is 0 Å². The van der Waals surface area contributed by atoms with Crippen molar-refractivity contribution in [1.29, 1.82) is 0 Å². The van der Waals surface area contributed by atoms with Gasteiger partial charge in [0.25, 0.3) is 5.91 Å². The maximum absolute atomic E-state index is 13.2. The molecule has 0 fully saturated rings. The molecule has 0 bridgehead atoms. The first-order valence-electron chi connectivity index (χ1n) is 6.66. The van der Waals surface area contributed by atoms with Crippen LogP contribution in [-0.2, 0) is 11.8 Å². The molecule has 0 atom stereocenters. The van der Waals surface area contributed by atoms with Gasteiger partial charge in [0.1, 0.15) is 5.82 Å². The highest BCUT2D eigenvalue weighted by molar-refractivity contribution is 5.93. The van der Waals surface area contributed by atoms with Gasteiger partial charge in [-0.1, -0.05) is 0 Å². The molecular weight excluding hydrogens is 307 g/mol. The Bertz CT molecular complexity index is 772. The van der Waals surface area contributed by atoms with E-state index in [4.69, 9.17) is 4.74 Å². The number of nitro benzene ring substituents is 1. The average Bonchev–Trinajstić information content (AvgIpc) is 2.71. The molecule has 23 heavy (non-hydrogen) atoms. The molecular formula is C14H15FN4O4. The molecule has 0 aliphatic heterocycles. The van der Waals surface area contributed by atoms with Gasteiger partial charge in [0.2, 0.25) is 5.75 Å². The van der Waals surface area contributed by atoms with Crippen LogP contribution in [0.5, 0.6) is 5.75 Å². The monoisotopic (exact) mass is 322 g/mol. The van der Waals surface area contributed by atoms with Crippen LogP contribution in [0.15, 0.2) is 18.2 Å². The Morgan fingerprint density at radius 1 is 1.48 bits per heavy atom. The van der Waals surface area contributed by atoms with E-state index in [1.165, 1.54) is 0 Å². The predicted octanol–water partition coefficient (Wildman–Crippen LogP) is 2.10. The van der Waals surface area contributed by atoms with E-state index in [-0.39, 0.29) is 5.75 Å². The Kier molecular flexibility index (Phi) is 4.58. The number of nitrogens with zero attached hydrogens (tertiary/aromatic N) is 3. The number of aromatic nitrogens is 2. The summed E-state index contributed by atoms with van der Waals surface area (Å²) in [6.45, 7) is 3.03. The van der Waals surface area contributed by atoms with Gasteiger partial charge in [0.05, 0.1) is 22.0 Å². The van der Waals surface area contributed by atoms with Crippen molar-refractivity contribution in [1.82, 2.24) is 9.78 Å². The van der Waals surface area contributed by atoms with E-state index in [0.717, 1.165) is 23.9 Å². The first-order chi connectivity index (χ1) is 10.8. The highest BCUT2D eigenvalue weighted by atomic mass is 19.1. The molecule has 0 spiro atoms. The number of anilines is 1. The highest BCUT2D eigenvalue weighted by Crippen LogP contribution is 2.27. The standard InChI is InChI=1S/C14H15FN4O4/c1-8-14(9(2)18(3)17-8)16-13(20)7-23-12-6-10(15)4-5-11(12)19(21)22/h4-6H,7H2,1-3H3,(H,16,20). The number of carbonyl (C=O) groups excluding carboxylic acids is 1. The van der Waals surface area contributed by atoms with Gasteiger partial charge in [-0.05, 0) is 19.9 Å². The van der Waals surface area contributed by atoms with E-state index < -0.39 is 28.9 Å². The Morgan fingerprint density at radius 3 is 2.74 bits per heavy atom. The van der Waals surface area contributed by atoms with E-state index in [0.29, 0.717) is 11.4 Å².